The third kappa shape index (κ3) is 2.68. The summed E-state index contributed by atoms with van der Waals surface area (Å²) in [5.41, 5.74) is -0.814. The predicted octanol–water partition coefficient (Wildman–Crippen LogP) is 1.72. The molecule has 0 bridgehead atoms. The number of aliphatic carboxylic acids is 1. The van der Waals surface area contributed by atoms with Gasteiger partial charge in [0.1, 0.15) is 6.04 Å². The highest BCUT2D eigenvalue weighted by Crippen LogP contribution is 2.41. The van der Waals surface area contributed by atoms with Gasteiger partial charge in [-0.3, -0.25) is 4.79 Å². The second-order valence-electron chi connectivity index (χ2n) is 7.57. The SMILES string of the molecule is CC(C)C1(C(=O)N2CCCC(C)(C)C2C(=O)O)CCNC1. The van der Waals surface area contributed by atoms with Gasteiger partial charge in [0, 0.05) is 13.1 Å². The van der Waals surface area contributed by atoms with E-state index in [1.807, 2.05) is 13.8 Å². The molecule has 5 heteroatoms. The van der Waals surface area contributed by atoms with Gasteiger partial charge in [-0.05, 0) is 37.1 Å². The molecule has 2 saturated heterocycles. The van der Waals surface area contributed by atoms with Crippen LogP contribution in [0.15, 0.2) is 0 Å². The average Bonchev–Trinajstić information content (AvgIpc) is 2.86. The van der Waals surface area contributed by atoms with E-state index in [-0.39, 0.29) is 17.2 Å². The summed E-state index contributed by atoms with van der Waals surface area (Å²) in [6.45, 7) is 10.1. The number of nitrogens with zero attached hydrogens (tertiary/aromatic N) is 1. The maximum absolute atomic E-state index is 13.2. The minimum absolute atomic E-state index is 0.0303. The molecule has 0 saturated carbocycles. The number of carbonyl (C=O) groups excluding carboxylic acids is 1. The Labute approximate surface area is 127 Å². The lowest BCUT2D eigenvalue weighted by molar-refractivity contribution is -0.165. The predicted molar refractivity (Wildman–Crippen MR) is 80.9 cm³/mol. The Bertz CT molecular complexity index is 425. The van der Waals surface area contributed by atoms with Crippen LogP contribution in [-0.4, -0.2) is 47.6 Å². The monoisotopic (exact) mass is 296 g/mol. The van der Waals surface area contributed by atoms with Crippen molar-refractivity contribution in [3.05, 3.63) is 0 Å². The summed E-state index contributed by atoms with van der Waals surface area (Å²) in [5.74, 6) is -0.639. The molecule has 2 N–H and O–H groups in total. The maximum Gasteiger partial charge on any atom is 0.326 e. The summed E-state index contributed by atoms with van der Waals surface area (Å²) in [6, 6.07) is -0.713. The molecule has 2 rings (SSSR count). The lowest BCUT2D eigenvalue weighted by atomic mass is 9.71. The van der Waals surface area contributed by atoms with E-state index >= 15 is 0 Å². The first-order chi connectivity index (χ1) is 9.72. The Morgan fingerprint density at radius 2 is 1.95 bits per heavy atom. The van der Waals surface area contributed by atoms with Crippen molar-refractivity contribution in [3.63, 3.8) is 0 Å². The van der Waals surface area contributed by atoms with Crippen molar-refractivity contribution in [2.24, 2.45) is 16.7 Å². The molecule has 0 spiro atoms. The molecule has 2 aliphatic rings. The molecule has 21 heavy (non-hydrogen) atoms. The molecule has 0 radical (unpaired) electrons. The van der Waals surface area contributed by atoms with Gasteiger partial charge in [0.15, 0.2) is 0 Å². The first kappa shape index (κ1) is 16.3. The van der Waals surface area contributed by atoms with Crippen molar-refractivity contribution in [3.8, 4) is 0 Å². The van der Waals surface area contributed by atoms with E-state index in [1.165, 1.54) is 0 Å². The van der Waals surface area contributed by atoms with Crippen LogP contribution in [0.1, 0.15) is 47.0 Å². The van der Waals surface area contributed by atoms with Crippen molar-refractivity contribution in [2.75, 3.05) is 19.6 Å². The molecule has 5 nitrogen and oxygen atoms in total. The molecule has 2 aliphatic heterocycles. The van der Waals surface area contributed by atoms with E-state index in [1.54, 1.807) is 4.90 Å². The smallest absolute Gasteiger partial charge is 0.326 e. The molecule has 2 unspecified atom stereocenters. The van der Waals surface area contributed by atoms with Crippen LogP contribution in [0.5, 0.6) is 0 Å². The Morgan fingerprint density at radius 1 is 1.29 bits per heavy atom. The molecular weight excluding hydrogens is 268 g/mol. The minimum atomic E-state index is -0.877. The number of rotatable bonds is 3. The zero-order chi connectivity index (χ0) is 15.8. The number of carboxylic acids is 1. The van der Waals surface area contributed by atoms with E-state index in [9.17, 15) is 14.7 Å². The summed E-state index contributed by atoms with van der Waals surface area (Å²) in [6.07, 6.45) is 2.53. The highest BCUT2D eigenvalue weighted by atomic mass is 16.4. The van der Waals surface area contributed by atoms with Crippen LogP contribution in [-0.2, 0) is 9.59 Å². The molecule has 2 fully saturated rings. The largest absolute Gasteiger partial charge is 0.480 e. The maximum atomic E-state index is 13.2. The van der Waals surface area contributed by atoms with Crippen LogP contribution in [0, 0.1) is 16.7 Å². The second kappa shape index (κ2) is 5.59. The van der Waals surface area contributed by atoms with Gasteiger partial charge in [-0.1, -0.05) is 27.7 Å². The van der Waals surface area contributed by atoms with Gasteiger partial charge in [-0.15, -0.1) is 0 Å². The zero-order valence-electron chi connectivity index (χ0n) is 13.6. The lowest BCUT2D eigenvalue weighted by Gasteiger charge is -2.47. The Balaban J connectivity index is 2.33. The number of piperidine rings is 1. The summed E-state index contributed by atoms with van der Waals surface area (Å²) < 4.78 is 0. The fraction of sp³-hybridized carbons (Fsp3) is 0.875. The first-order valence-corrected chi connectivity index (χ1v) is 7.97. The van der Waals surface area contributed by atoms with Crippen LogP contribution in [0.2, 0.25) is 0 Å². The van der Waals surface area contributed by atoms with E-state index in [0.29, 0.717) is 13.1 Å². The zero-order valence-corrected chi connectivity index (χ0v) is 13.6. The topological polar surface area (TPSA) is 69.6 Å². The number of carboxylic acid groups (broad SMARTS) is 1. The van der Waals surface area contributed by atoms with E-state index in [2.05, 4.69) is 19.2 Å². The second-order valence-corrected chi connectivity index (χ2v) is 7.57. The van der Waals surface area contributed by atoms with Gasteiger partial charge in [0.2, 0.25) is 5.91 Å². The number of carbonyl (C=O) groups is 2. The molecule has 0 aromatic rings. The number of hydrogen-bond acceptors (Lipinski definition) is 3. The number of hydrogen-bond donors (Lipinski definition) is 2. The van der Waals surface area contributed by atoms with Gasteiger partial charge in [-0.25, -0.2) is 4.79 Å². The van der Waals surface area contributed by atoms with E-state index in [0.717, 1.165) is 25.8 Å². The summed E-state index contributed by atoms with van der Waals surface area (Å²) in [5, 5.41) is 12.9. The van der Waals surface area contributed by atoms with E-state index in [4.69, 9.17) is 0 Å². The molecule has 0 aromatic carbocycles. The number of nitrogens with one attached hydrogen (secondary N) is 1. The Morgan fingerprint density at radius 3 is 2.43 bits per heavy atom. The molecule has 2 heterocycles. The Hall–Kier alpha value is -1.10. The fourth-order valence-electron chi connectivity index (χ4n) is 4.00. The van der Waals surface area contributed by atoms with Gasteiger partial charge in [0.25, 0.3) is 0 Å². The first-order valence-electron chi connectivity index (χ1n) is 7.97. The van der Waals surface area contributed by atoms with Crippen LogP contribution in [0.25, 0.3) is 0 Å². The molecule has 120 valence electrons. The van der Waals surface area contributed by atoms with Crippen LogP contribution in [0.4, 0.5) is 0 Å². The van der Waals surface area contributed by atoms with Crippen molar-refractivity contribution in [1.29, 1.82) is 0 Å². The van der Waals surface area contributed by atoms with Gasteiger partial charge in [0.05, 0.1) is 5.41 Å². The van der Waals surface area contributed by atoms with Gasteiger partial charge < -0.3 is 15.3 Å². The lowest BCUT2D eigenvalue weighted by Crippen LogP contribution is -2.60. The quantitative estimate of drug-likeness (QED) is 0.832. The molecule has 0 aliphatic carbocycles. The molecule has 2 atom stereocenters. The van der Waals surface area contributed by atoms with Gasteiger partial charge in [-0.2, -0.15) is 0 Å². The van der Waals surface area contributed by atoms with Crippen molar-refractivity contribution in [2.45, 2.75) is 53.0 Å². The van der Waals surface area contributed by atoms with Crippen LogP contribution < -0.4 is 5.32 Å². The third-order valence-electron chi connectivity index (χ3n) is 5.49. The summed E-state index contributed by atoms with van der Waals surface area (Å²) in [4.78, 5) is 26.6. The highest BCUT2D eigenvalue weighted by molar-refractivity contribution is 5.89. The summed E-state index contributed by atoms with van der Waals surface area (Å²) in [7, 11) is 0. The standard InChI is InChI=1S/C16H28N2O3/c1-11(2)16(7-8-17-10-16)14(21)18-9-5-6-15(3,4)12(18)13(19)20/h11-12,17H,5-10H2,1-4H3,(H,19,20). The average molecular weight is 296 g/mol. The van der Waals surface area contributed by atoms with Crippen LogP contribution >= 0.6 is 0 Å². The molecule has 1 amide bonds. The van der Waals surface area contributed by atoms with Gasteiger partial charge >= 0.3 is 5.97 Å². The molecule has 0 aromatic heterocycles. The number of amides is 1. The highest BCUT2D eigenvalue weighted by Gasteiger charge is 2.52. The normalized spacial score (nSPS) is 32.4. The van der Waals surface area contributed by atoms with Crippen molar-refractivity contribution in [1.82, 2.24) is 10.2 Å². The fourth-order valence-corrected chi connectivity index (χ4v) is 4.00. The number of likely N-dealkylation sites (tertiary alicyclic amines) is 1. The van der Waals surface area contributed by atoms with Crippen molar-refractivity contribution < 1.29 is 14.7 Å². The molecular formula is C16H28N2O3. The van der Waals surface area contributed by atoms with Crippen LogP contribution in [0.3, 0.4) is 0 Å². The summed E-state index contributed by atoms with van der Waals surface area (Å²) >= 11 is 0. The van der Waals surface area contributed by atoms with E-state index < -0.39 is 17.4 Å². The third-order valence-corrected chi connectivity index (χ3v) is 5.49. The van der Waals surface area contributed by atoms with Crippen molar-refractivity contribution >= 4 is 11.9 Å². The Kier molecular flexibility index (Phi) is 4.34. The minimum Gasteiger partial charge on any atom is -0.480 e.